The third-order valence-corrected chi connectivity index (χ3v) is 6.26. The highest BCUT2D eigenvalue weighted by molar-refractivity contribution is 7.16. The molecule has 5 nitrogen and oxygen atoms in total. The van der Waals surface area contributed by atoms with E-state index in [0.717, 1.165) is 41.5 Å². The molecule has 0 spiro atoms. The number of aryl methyl sites for hydroxylation is 3. The van der Waals surface area contributed by atoms with Crippen LogP contribution in [0, 0.1) is 19.8 Å². The van der Waals surface area contributed by atoms with Gasteiger partial charge in [-0.2, -0.15) is 5.10 Å². The van der Waals surface area contributed by atoms with Gasteiger partial charge in [-0.05, 0) is 45.4 Å². The van der Waals surface area contributed by atoms with Gasteiger partial charge in [0, 0.05) is 29.2 Å². The van der Waals surface area contributed by atoms with Gasteiger partial charge in [0.05, 0.1) is 17.8 Å². The molecule has 2 aromatic heterocycles. The number of carbonyl (C=O) groups excluding carboxylic acids is 1. The van der Waals surface area contributed by atoms with Gasteiger partial charge in [0.15, 0.2) is 5.13 Å². The highest BCUT2D eigenvalue weighted by atomic mass is 32.1. The molecule has 146 valence electrons. The summed E-state index contributed by atoms with van der Waals surface area (Å²) in [5.41, 5.74) is 4.25. The van der Waals surface area contributed by atoms with Gasteiger partial charge in [-0.1, -0.05) is 19.9 Å². The standard InChI is InChI=1S/C21H30N4OS/c1-6-11-24(21-22-18-9-7-8-10-19(18)27-21)20(26)12-17-15(4)23-25(16(17)5)13-14(2)3/h6,14H,1,7-13H2,2-5H3. The van der Waals surface area contributed by atoms with Crippen molar-refractivity contribution in [1.29, 1.82) is 0 Å². The summed E-state index contributed by atoms with van der Waals surface area (Å²) >= 11 is 1.67. The zero-order valence-electron chi connectivity index (χ0n) is 16.9. The number of hydrogen-bond acceptors (Lipinski definition) is 4. The molecule has 27 heavy (non-hydrogen) atoms. The summed E-state index contributed by atoms with van der Waals surface area (Å²) < 4.78 is 2.03. The Morgan fingerprint density at radius 2 is 2.07 bits per heavy atom. The molecule has 1 amide bonds. The molecule has 3 rings (SSSR count). The van der Waals surface area contributed by atoms with Crippen molar-refractivity contribution in [1.82, 2.24) is 14.8 Å². The maximum absolute atomic E-state index is 13.2. The van der Waals surface area contributed by atoms with Gasteiger partial charge in [-0.3, -0.25) is 14.4 Å². The van der Waals surface area contributed by atoms with Crippen molar-refractivity contribution in [3.8, 4) is 0 Å². The summed E-state index contributed by atoms with van der Waals surface area (Å²) in [5.74, 6) is 0.585. The lowest BCUT2D eigenvalue weighted by Gasteiger charge is -2.18. The number of anilines is 1. The van der Waals surface area contributed by atoms with Crippen molar-refractivity contribution in [2.24, 2.45) is 5.92 Å². The van der Waals surface area contributed by atoms with E-state index in [1.807, 2.05) is 11.6 Å². The fraction of sp³-hybridized carbons (Fsp3) is 0.571. The van der Waals surface area contributed by atoms with Gasteiger partial charge in [0.25, 0.3) is 0 Å². The highest BCUT2D eigenvalue weighted by Crippen LogP contribution is 2.32. The molecule has 1 aliphatic rings. The van der Waals surface area contributed by atoms with Crippen molar-refractivity contribution < 1.29 is 4.79 Å². The minimum Gasteiger partial charge on any atom is -0.284 e. The molecule has 0 aromatic carbocycles. The van der Waals surface area contributed by atoms with Crippen LogP contribution in [0.2, 0.25) is 0 Å². The van der Waals surface area contributed by atoms with E-state index in [1.54, 1.807) is 22.3 Å². The first kappa shape index (κ1) is 19.8. The second-order valence-corrected chi connectivity index (χ2v) is 8.83. The summed E-state index contributed by atoms with van der Waals surface area (Å²) in [6, 6.07) is 0. The van der Waals surface area contributed by atoms with Crippen LogP contribution in [0.4, 0.5) is 5.13 Å². The van der Waals surface area contributed by atoms with Crippen molar-refractivity contribution in [3.05, 3.63) is 40.2 Å². The van der Waals surface area contributed by atoms with Crippen LogP contribution >= 0.6 is 11.3 Å². The minimum atomic E-state index is 0.0660. The molecule has 0 bridgehead atoms. The van der Waals surface area contributed by atoms with Crippen molar-refractivity contribution in [2.75, 3.05) is 11.4 Å². The number of carbonyl (C=O) groups is 1. The summed E-state index contributed by atoms with van der Waals surface area (Å²) in [7, 11) is 0. The highest BCUT2D eigenvalue weighted by Gasteiger charge is 2.24. The van der Waals surface area contributed by atoms with Crippen LogP contribution in [-0.2, 0) is 30.6 Å². The van der Waals surface area contributed by atoms with E-state index in [1.165, 1.54) is 23.4 Å². The second-order valence-electron chi connectivity index (χ2n) is 7.77. The number of amides is 1. The predicted octanol–water partition coefficient (Wildman–Crippen LogP) is 4.25. The average Bonchev–Trinajstić information content (AvgIpc) is 3.15. The third-order valence-electron chi connectivity index (χ3n) is 5.08. The molecular formula is C21H30N4OS. The first-order chi connectivity index (χ1) is 12.9. The van der Waals surface area contributed by atoms with Crippen molar-refractivity contribution >= 4 is 22.4 Å². The van der Waals surface area contributed by atoms with Gasteiger partial charge >= 0.3 is 0 Å². The Morgan fingerprint density at radius 1 is 1.33 bits per heavy atom. The lowest BCUT2D eigenvalue weighted by Crippen LogP contribution is -2.32. The van der Waals surface area contributed by atoms with E-state index < -0.39 is 0 Å². The van der Waals surface area contributed by atoms with Crippen LogP contribution in [0.1, 0.15) is 54.2 Å². The molecule has 0 aliphatic heterocycles. The van der Waals surface area contributed by atoms with Crippen LogP contribution < -0.4 is 4.90 Å². The van der Waals surface area contributed by atoms with Crippen LogP contribution in [-0.4, -0.2) is 27.2 Å². The molecule has 0 saturated carbocycles. The Morgan fingerprint density at radius 3 is 2.74 bits per heavy atom. The number of aromatic nitrogens is 3. The molecule has 0 radical (unpaired) electrons. The van der Waals surface area contributed by atoms with Crippen LogP contribution in [0.5, 0.6) is 0 Å². The Kier molecular flexibility index (Phi) is 6.15. The molecule has 0 atom stereocenters. The van der Waals surface area contributed by atoms with Gasteiger partial charge in [-0.15, -0.1) is 17.9 Å². The van der Waals surface area contributed by atoms with E-state index in [-0.39, 0.29) is 5.91 Å². The molecule has 0 N–H and O–H groups in total. The van der Waals surface area contributed by atoms with E-state index in [4.69, 9.17) is 4.98 Å². The first-order valence-electron chi connectivity index (χ1n) is 9.83. The van der Waals surface area contributed by atoms with Crippen LogP contribution in [0.15, 0.2) is 12.7 Å². The van der Waals surface area contributed by atoms with Crippen LogP contribution in [0.3, 0.4) is 0 Å². The molecule has 1 aliphatic carbocycles. The van der Waals surface area contributed by atoms with Crippen LogP contribution in [0.25, 0.3) is 0 Å². The van der Waals surface area contributed by atoms with Crippen molar-refractivity contribution in [2.45, 2.75) is 66.3 Å². The van der Waals surface area contributed by atoms with E-state index in [9.17, 15) is 4.79 Å². The zero-order chi connectivity index (χ0) is 19.6. The third kappa shape index (κ3) is 4.32. The molecule has 6 heteroatoms. The molecule has 0 unspecified atom stereocenters. The first-order valence-corrected chi connectivity index (χ1v) is 10.6. The summed E-state index contributed by atoms with van der Waals surface area (Å²) in [5, 5.41) is 5.46. The molecule has 0 fully saturated rings. The Balaban J connectivity index is 1.83. The molecule has 2 heterocycles. The van der Waals surface area contributed by atoms with Gasteiger partial charge < -0.3 is 0 Å². The number of hydrogen-bond donors (Lipinski definition) is 0. The van der Waals surface area contributed by atoms with Crippen molar-refractivity contribution in [3.63, 3.8) is 0 Å². The predicted molar refractivity (Wildman–Crippen MR) is 112 cm³/mol. The van der Waals surface area contributed by atoms with E-state index in [2.05, 4.69) is 32.4 Å². The lowest BCUT2D eigenvalue weighted by molar-refractivity contribution is -0.117. The normalized spacial score (nSPS) is 13.7. The fourth-order valence-electron chi connectivity index (χ4n) is 3.63. The fourth-order valence-corrected chi connectivity index (χ4v) is 4.80. The quantitative estimate of drug-likeness (QED) is 0.668. The van der Waals surface area contributed by atoms with Gasteiger partial charge in [-0.25, -0.2) is 4.98 Å². The van der Waals surface area contributed by atoms with E-state index in [0.29, 0.717) is 18.9 Å². The number of rotatable bonds is 7. The molecular weight excluding hydrogens is 356 g/mol. The Hall–Kier alpha value is -1.95. The number of thiazole rings is 1. The number of fused-ring (bicyclic) bond motifs is 1. The number of nitrogens with zero attached hydrogens (tertiary/aromatic N) is 4. The zero-order valence-corrected chi connectivity index (χ0v) is 17.7. The molecule has 0 saturated heterocycles. The average molecular weight is 387 g/mol. The summed E-state index contributed by atoms with van der Waals surface area (Å²) in [6.07, 6.45) is 6.66. The summed E-state index contributed by atoms with van der Waals surface area (Å²) in [6.45, 7) is 13.6. The van der Waals surface area contributed by atoms with Gasteiger partial charge in [0.2, 0.25) is 5.91 Å². The SMILES string of the molecule is C=CCN(C(=O)Cc1c(C)nn(CC(C)C)c1C)c1nc2c(s1)CCCC2. The smallest absolute Gasteiger partial charge is 0.233 e. The summed E-state index contributed by atoms with van der Waals surface area (Å²) in [4.78, 5) is 21.1. The second kappa shape index (κ2) is 8.38. The Labute approximate surface area is 166 Å². The monoisotopic (exact) mass is 386 g/mol. The maximum atomic E-state index is 13.2. The maximum Gasteiger partial charge on any atom is 0.233 e. The minimum absolute atomic E-state index is 0.0660. The molecule has 2 aromatic rings. The largest absolute Gasteiger partial charge is 0.284 e. The lowest BCUT2D eigenvalue weighted by atomic mass is 10.0. The van der Waals surface area contributed by atoms with Gasteiger partial charge in [0.1, 0.15) is 0 Å². The Bertz CT molecular complexity index is 810. The van der Waals surface area contributed by atoms with E-state index >= 15 is 0 Å². The topological polar surface area (TPSA) is 51.0 Å².